The SMILES string of the molecule is CCCON(NC)C1CCCCC1. The van der Waals surface area contributed by atoms with Crippen molar-refractivity contribution in [1.82, 2.24) is 10.6 Å². The van der Waals surface area contributed by atoms with Gasteiger partial charge in [0, 0.05) is 7.05 Å². The van der Waals surface area contributed by atoms with Crippen LogP contribution in [0.15, 0.2) is 0 Å². The fourth-order valence-corrected chi connectivity index (χ4v) is 1.86. The smallest absolute Gasteiger partial charge is 0.0699 e. The van der Waals surface area contributed by atoms with Crippen molar-refractivity contribution in [1.29, 1.82) is 0 Å². The maximum Gasteiger partial charge on any atom is 0.0699 e. The molecule has 1 fully saturated rings. The van der Waals surface area contributed by atoms with Crippen LogP contribution in [-0.2, 0) is 4.84 Å². The van der Waals surface area contributed by atoms with E-state index in [-0.39, 0.29) is 0 Å². The van der Waals surface area contributed by atoms with E-state index in [4.69, 9.17) is 4.84 Å². The van der Waals surface area contributed by atoms with Gasteiger partial charge in [0.1, 0.15) is 0 Å². The average molecular weight is 186 g/mol. The number of hydroxylamine groups is 1. The van der Waals surface area contributed by atoms with Crippen LogP contribution in [0.5, 0.6) is 0 Å². The molecule has 3 nitrogen and oxygen atoms in total. The lowest BCUT2D eigenvalue weighted by Crippen LogP contribution is -2.44. The molecular formula is C10H22N2O. The summed E-state index contributed by atoms with van der Waals surface area (Å²) < 4.78 is 0. The first-order chi connectivity index (χ1) is 6.38. The van der Waals surface area contributed by atoms with Crippen LogP contribution in [0.1, 0.15) is 45.4 Å². The van der Waals surface area contributed by atoms with Crippen LogP contribution >= 0.6 is 0 Å². The molecule has 0 saturated heterocycles. The summed E-state index contributed by atoms with van der Waals surface area (Å²) >= 11 is 0. The summed E-state index contributed by atoms with van der Waals surface area (Å²) in [6, 6.07) is 0.588. The number of hydrazine groups is 1. The van der Waals surface area contributed by atoms with Crippen molar-refractivity contribution < 1.29 is 4.84 Å². The van der Waals surface area contributed by atoms with Crippen molar-refractivity contribution in [2.45, 2.75) is 51.5 Å². The third-order valence-corrected chi connectivity index (χ3v) is 2.56. The van der Waals surface area contributed by atoms with E-state index in [1.54, 1.807) is 0 Å². The van der Waals surface area contributed by atoms with Gasteiger partial charge in [-0.1, -0.05) is 26.2 Å². The number of nitrogens with zero attached hydrogens (tertiary/aromatic N) is 1. The van der Waals surface area contributed by atoms with Crippen molar-refractivity contribution in [2.75, 3.05) is 13.7 Å². The number of rotatable bonds is 5. The first-order valence-electron chi connectivity index (χ1n) is 5.48. The molecule has 0 spiro atoms. The van der Waals surface area contributed by atoms with Crippen molar-refractivity contribution >= 4 is 0 Å². The molecule has 0 radical (unpaired) electrons. The Morgan fingerprint density at radius 1 is 1.31 bits per heavy atom. The van der Waals surface area contributed by atoms with E-state index in [1.165, 1.54) is 32.1 Å². The topological polar surface area (TPSA) is 24.5 Å². The second kappa shape index (κ2) is 6.35. The van der Waals surface area contributed by atoms with Crippen molar-refractivity contribution in [3.8, 4) is 0 Å². The van der Waals surface area contributed by atoms with E-state index >= 15 is 0 Å². The normalized spacial score (nSPS) is 19.6. The fraction of sp³-hybridized carbons (Fsp3) is 1.00. The van der Waals surface area contributed by atoms with E-state index in [1.807, 2.05) is 12.2 Å². The van der Waals surface area contributed by atoms with Crippen molar-refractivity contribution in [2.24, 2.45) is 0 Å². The minimum Gasteiger partial charge on any atom is -0.284 e. The molecule has 0 amide bonds. The predicted octanol–water partition coefficient (Wildman–Crippen LogP) is 2.10. The number of hydrogen-bond acceptors (Lipinski definition) is 3. The minimum atomic E-state index is 0.588. The number of hydrogen-bond donors (Lipinski definition) is 1. The van der Waals surface area contributed by atoms with Gasteiger partial charge in [0.25, 0.3) is 0 Å². The summed E-state index contributed by atoms with van der Waals surface area (Å²) in [5.41, 5.74) is 3.12. The van der Waals surface area contributed by atoms with Gasteiger partial charge in [0.05, 0.1) is 12.6 Å². The Morgan fingerprint density at radius 2 is 2.00 bits per heavy atom. The molecule has 1 aliphatic rings. The molecule has 78 valence electrons. The molecule has 0 bridgehead atoms. The van der Waals surface area contributed by atoms with Gasteiger partial charge in [-0.3, -0.25) is 4.84 Å². The molecule has 0 heterocycles. The molecule has 0 unspecified atom stereocenters. The fourth-order valence-electron chi connectivity index (χ4n) is 1.86. The van der Waals surface area contributed by atoms with Crippen molar-refractivity contribution in [3.63, 3.8) is 0 Å². The van der Waals surface area contributed by atoms with Crippen LogP contribution in [0.25, 0.3) is 0 Å². The molecule has 1 N–H and O–H groups in total. The maximum atomic E-state index is 5.60. The van der Waals surface area contributed by atoms with Crippen LogP contribution in [0, 0.1) is 0 Å². The second-order valence-corrected chi connectivity index (χ2v) is 3.67. The van der Waals surface area contributed by atoms with E-state index in [0.29, 0.717) is 6.04 Å². The van der Waals surface area contributed by atoms with Gasteiger partial charge < -0.3 is 0 Å². The average Bonchev–Trinajstić information content (AvgIpc) is 2.21. The molecule has 3 heteroatoms. The lowest BCUT2D eigenvalue weighted by molar-refractivity contribution is -0.223. The second-order valence-electron chi connectivity index (χ2n) is 3.67. The van der Waals surface area contributed by atoms with Gasteiger partial charge in [0.2, 0.25) is 0 Å². The summed E-state index contributed by atoms with van der Waals surface area (Å²) in [5.74, 6) is 0. The van der Waals surface area contributed by atoms with Crippen LogP contribution in [0.3, 0.4) is 0 Å². The maximum absolute atomic E-state index is 5.60. The summed E-state index contributed by atoms with van der Waals surface area (Å²) in [5, 5.41) is 1.95. The molecule has 0 aliphatic heterocycles. The summed E-state index contributed by atoms with van der Waals surface area (Å²) in [4.78, 5) is 5.60. The molecular weight excluding hydrogens is 164 g/mol. The van der Waals surface area contributed by atoms with E-state index in [9.17, 15) is 0 Å². The Kier molecular flexibility index (Phi) is 5.35. The molecule has 0 aromatic carbocycles. The molecule has 0 atom stereocenters. The van der Waals surface area contributed by atoms with Gasteiger partial charge in [0.15, 0.2) is 0 Å². The van der Waals surface area contributed by atoms with Crippen LogP contribution in [0.4, 0.5) is 0 Å². The zero-order valence-corrected chi connectivity index (χ0v) is 8.88. The Bertz CT molecular complexity index is 124. The number of nitrogens with one attached hydrogen (secondary N) is 1. The van der Waals surface area contributed by atoms with E-state index < -0.39 is 0 Å². The minimum absolute atomic E-state index is 0.588. The third kappa shape index (κ3) is 3.63. The highest BCUT2D eigenvalue weighted by atomic mass is 16.7. The van der Waals surface area contributed by atoms with Gasteiger partial charge in [-0.25, -0.2) is 5.43 Å². The first kappa shape index (κ1) is 11.0. The Balaban J connectivity index is 2.26. The van der Waals surface area contributed by atoms with Gasteiger partial charge >= 0.3 is 0 Å². The Labute approximate surface area is 81.4 Å². The van der Waals surface area contributed by atoms with E-state index in [2.05, 4.69) is 12.3 Å². The lowest BCUT2D eigenvalue weighted by Gasteiger charge is -2.32. The largest absolute Gasteiger partial charge is 0.284 e. The summed E-state index contributed by atoms with van der Waals surface area (Å²) in [7, 11) is 1.93. The third-order valence-electron chi connectivity index (χ3n) is 2.56. The highest BCUT2D eigenvalue weighted by Crippen LogP contribution is 2.21. The Morgan fingerprint density at radius 3 is 2.54 bits per heavy atom. The van der Waals surface area contributed by atoms with Crippen LogP contribution in [0.2, 0.25) is 0 Å². The molecule has 1 saturated carbocycles. The van der Waals surface area contributed by atoms with Crippen LogP contribution in [-0.4, -0.2) is 24.9 Å². The van der Waals surface area contributed by atoms with Gasteiger partial charge in [-0.15, -0.1) is 5.17 Å². The molecule has 13 heavy (non-hydrogen) atoms. The predicted molar refractivity (Wildman–Crippen MR) is 54.0 cm³/mol. The standard InChI is InChI=1S/C10H22N2O/c1-3-9-13-12(11-2)10-7-5-4-6-8-10/h10-11H,3-9H2,1-2H3. The zero-order chi connectivity index (χ0) is 9.52. The summed E-state index contributed by atoms with van der Waals surface area (Å²) in [6.07, 6.45) is 7.69. The quantitative estimate of drug-likeness (QED) is 0.665. The molecule has 0 aromatic heterocycles. The molecule has 0 aromatic rings. The monoisotopic (exact) mass is 186 g/mol. The molecule has 1 rings (SSSR count). The lowest BCUT2D eigenvalue weighted by atomic mass is 9.96. The highest BCUT2D eigenvalue weighted by molar-refractivity contribution is 4.69. The highest BCUT2D eigenvalue weighted by Gasteiger charge is 2.20. The zero-order valence-electron chi connectivity index (χ0n) is 8.88. The van der Waals surface area contributed by atoms with Gasteiger partial charge in [-0.2, -0.15) is 0 Å². The Hall–Kier alpha value is -0.120. The van der Waals surface area contributed by atoms with Crippen molar-refractivity contribution in [3.05, 3.63) is 0 Å². The first-order valence-corrected chi connectivity index (χ1v) is 5.48. The van der Waals surface area contributed by atoms with Crippen LogP contribution < -0.4 is 5.43 Å². The molecule has 1 aliphatic carbocycles. The van der Waals surface area contributed by atoms with Gasteiger partial charge in [-0.05, 0) is 19.3 Å². The van der Waals surface area contributed by atoms with E-state index in [0.717, 1.165) is 13.0 Å². The summed E-state index contributed by atoms with van der Waals surface area (Å²) in [6.45, 7) is 2.95.